The number of ether oxygens (including phenoxy) is 1. The van der Waals surface area contributed by atoms with E-state index in [1.807, 2.05) is 0 Å². The van der Waals surface area contributed by atoms with Crippen molar-refractivity contribution in [3.8, 4) is 0 Å². The van der Waals surface area contributed by atoms with Gasteiger partial charge in [0.05, 0.1) is 0 Å². The zero-order valence-electron chi connectivity index (χ0n) is 9.93. The largest absolute Gasteiger partial charge is 0.481 e. The minimum absolute atomic E-state index is 0.167. The fraction of sp³-hybridized carbons (Fsp3) is 0.667. The Kier molecular flexibility index (Phi) is 5.52. The second-order valence-corrected chi connectivity index (χ2v) is 4.25. The summed E-state index contributed by atoms with van der Waals surface area (Å²) in [4.78, 5) is 23.7. The van der Waals surface area contributed by atoms with Crippen molar-refractivity contribution in [1.82, 2.24) is 4.90 Å². The number of carboxylic acid groups (broad SMARTS) is 1. The van der Waals surface area contributed by atoms with Crippen LogP contribution in [0.2, 0.25) is 0 Å². The second kappa shape index (κ2) is 6.93. The zero-order chi connectivity index (χ0) is 12.7. The molecular weight excluding hydrogens is 222 g/mol. The Hall–Kier alpha value is -1.52. The molecule has 0 aromatic rings. The topological polar surface area (TPSA) is 66.8 Å². The second-order valence-electron chi connectivity index (χ2n) is 4.25. The monoisotopic (exact) mass is 241 g/mol. The molecule has 0 saturated carbocycles. The highest BCUT2D eigenvalue weighted by molar-refractivity contribution is 5.68. The smallest absolute Gasteiger partial charge is 0.410 e. The van der Waals surface area contributed by atoms with Gasteiger partial charge in [-0.05, 0) is 25.2 Å². The van der Waals surface area contributed by atoms with E-state index < -0.39 is 5.97 Å². The Morgan fingerprint density at radius 3 is 2.94 bits per heavy atom. The fourth-order valence-corrected chi connectivity index (χ4v) is 2.02. The minimum Gasteiger partial charge on any atom is -0.481 e. The first-order valence-corrected chi connectivity index (χ1v) is 5.88. The van der Waals surface area contributed by atoms with Crippen molar-refractivity contribution in [3.05, 3.63) is 12.7 Å². The fourth-order valence-electron chi connectivity index (χ4n) is 2.02. The third-order valence-corrected chi connectivity index (χ3v) is 2.87. The molecule has 1 atom stereocenters. The quantitative estimate of drug-likeness (QED) is 0.746. The molecule has 1 N–H and O–H groups in total. The normalized spacial score (nSPS) is 19.8. The lowest BCUT2D eigenvalue weighted by Crippen LogP contribution is -2.40. The molecular formula is C12H19NO4. The molecule has 0 spiro atoms. The molecule has 0 aromatic heterocycles. The van der Waals surface area contributed by atoms with Crippen LogP contribution in [0, 0.1) is 5.92 Å². The van der Waals surface area contributed by atoms with Crippen LogP contribution in [0.3, 0.4) is 0 Å². The van der Waals surface area contributed by atoms with E-state index in [2.05, 4.69) is 6.58 Å². The maximum absolute atomic E-state index is 11.6. The number of hydrogen-bond donors (Lipinski definition) is 1. The van der Waals surface area contributed by atoms with Gasteiger partial charge in [0.15, 0.2) is 0 Å². The van der Waals surface area contributed by atoms with Gasteiger partial charge in [-0.25, -0.2) is 4.79 Å². The van der Waals surface area contributed by atoms with Gasteiger partial charge < -0.3 is 14.7 Å². The average Bonchev–Trinajstić information content (AvgIpc) is 2.33. The number of carboxylic acids is 1. The van der Waals surface area contributed by atoms with E-state index >= 15 is 0 Å². The third kappa shape index (κ3) is 4.89. The van der Waals surface area contributed by atoms with Crippen LogP contribution in [-0.2, 0) is 9.53 Å². The van der Waals surface area contributed by atoms with Crippen molar-refractivity contribution < 1.29 is 19.4 Å². The number of aliphatic carboxylic acids is 1. The molecule has 1 fully saturated rings. The summed E-state index contributed by atoms with van der Waals surface area (Å²) in [6.07, 6.45) is 3.89. The first-order valence-electron chi connectivity index (χ1n) is 5.88. The minimum atomic E-state index is -0.781. The SMILES string of the molecule is C=CCOC(=O)N1CCC[C@H](CCC(=O)O)C1. The molecule has 1 aliphatic rings. The summed E-state index contributed by atoms with van der Waals surface area (Å²) in [6, 6.07) is 0. The Morgan fingerprint density at radius 1 is 1.53 bits per heavy atom. The standard InChI is InChI=1S/C12H19NO4/c1-2-8-17-12(16)13-7-3-4-10(9-13)5-6-11(14)15/h2,10H,1,3-9H2,(H,14,15)/t10-/m1/s1. The molecule has 0 aliphatic carbocycles. The molecule has 5 heteroatoms. The van der Waals surface area contributed by atoms with E-state index in [-0.39, 0.29) is 25.0 Å². The van der Waals surface area contributed by atoms with Crippen LogP contribution in [-0.4, -0.2) is 41.8 Å². The molecule has 1 aliphatic heterocycles. The predicted octanol–water partition coefficient (Wildman–Crippen LogP) is 1.89. The van der Waals surface area contributed by atoms with Crippen LogP contribution in [0.1, 0.15) is 25.7 Å². The van der Waals surface area contributed by atoms with E-state index in [1.165, 1.54) is 6.08 Å². The molecule has 96 valence electrons. The summed E-state index contributed by atoms with van der Waals surface area (Å²) in [5, 5.41) is 8.62. The number of rotatable bonds is 5. The number of carbonyl (C=O) groups excluding carboxylic acids is 1. The van der Waals surface area contributed by atoms with Gasteiger partial charge in [0, 0.05) is 19.5 Å². The van der Waals surface area contributed by atoms with Crippen LogP contribution in [0.5, 0.6) is 0 Å². The van der Waals surface area contributed by atoms with E-state index in [9.17, 15) is 9.59 Å². The Morgan fingerprint density at radius 2 is 2.29 bits per heavy atom. The van der Waals surface area contributed by atoms with E-state index in [1.54, 1.807) is 4.90 Å². The van der Waals surface area contributed by atoms with Crippen molar-refractivity contribution in [2.45, 2.75) is 25.7 Å². The lowest BCUT2D eigenvalue weighted by atomic mass is 9.94. The molecule has 1 amide bonds. The van der Waals surface area contributed by atoms with Gasteiger partial charge in [0.1, 0.15) is 6.61 Å². The summed E-state index contributed by atoms with van der Waals surface area (Å²) >= 11 is 0. The number of amides is 1. The Labute approximate surface area is 101 Å². The van der Waals surface area contributed by atoms with Crippen LogP contribution in [0.4, 0.5) is 4.79 Å². The summed E-state index contributed by atoms with van der Waals surface area (Å²) in [6.45, 7) is 4.99. The molecule has 0 bridgehead atoms. The van der Waals surface area contributed by atoms with Crippen molar-refractivity contribution in [2.24, 2.45) is 5.92 Å². The third-order valence-electron chi connectivity index (χ3n) is 2.87. The molecule has 17 heavy (non-hydrogen) atoms. The van der Waals surface area contributed by atoms with Crippen molar-refractivity contribution in [3.63, 3.8) is 0 Å². The Bertz CT molecular complexity index is 290. The molecule has 1 heterocycles. The first-order chi connectivity index (χ1) is 8.13. The van der Waals surface area contributed by atoms with Crippen molar-refractivity contribution in [2.75, 3.05) is 19.7 Å². The summed E-state index contributed by atoms with van der Waals surface area (Å²) in [5.41, 5.74) is 0. The number of nitrogens with zero attached hydrogens (tertiary/aromatic N) is 1. The lowest BCUT2D eigenvalue weighted by Gasteiger charge is -2.31. The number of likely N-dealkylation sites (tertiary alicyclic amines) is 1. The lowest BCUT2D eigenvalue weighted by molar-refractivity contribution is -0.137. The van der Waals surface area contributed by atoms with E-state index in [0.29, 0.717) is 19.5 Å². The van der Waals surface area contributed by atoms with Crippen LogP contribution in [0.25, 0.3) is 0 Å². The van der Waals surface area contributed by atoms with Crippen molar-refractivity contribution >= 4 is 12.1 Å². The number of carbonyl (C=O) groups is 2. The van der Waals surface area contributed by atoms with Crippen LogP contribution in [0.15, 0.2) is 12.7 Å². The van der Waals surface area contributed by atoms with Gasteiger partial charge in [-0.3, -0.25) is 4.79 Å². The van der Waals surface area contributed by atoms with Crippen LogP contribution >= 0.6 is 0 Å². The zero-order valence-corrected chi connectivity index (χ0v) is 9.93. The molecule has 0 radical (unpaired) electrons. The highest BCUT2D eigenvalue weighted by Crippen LogP contribution is 2.21. The summed E-state index contributed by atoms with van der Waals surface area (Å²) in [7, 11) is 0. The van der Waals surface area contributed by atoms with Crippen LogP contribution < -0.4 is 0 Å². The maximum atomic E-state index is 11.6. The van der Waals surface area contributed by atoms with Gasteiger partial charge in [0.2, 0.25) is 0 Å². The summed E-state index contributed by atoms with van der Waals surface area (Å²) < 4.78 is 4.96. The number of hydrogen-bond acceptors (Lipinski definition) is 3. The first kappa shape index (κ1) is 13.5. The van der Waals surface area contributed by atoms with Gasteiger partial charge in [-0.15, -0.1) is 0 Å². The highest BCUT2D eigenvalue weighted by Gasteiger charge is 2.24. The average molecular weight is 241 g/mol. The van der Waals surface area contributed by atoms with E-state index in [4.69, 9.17) is 9.84 Å². The number of piperidine rings is 1. The molecule has 5 nitrogen and oxygen atoms in total. The molecule has 1 rings (SSSR count). The molecule has 1 saturated heterocycles. The van der Waals surface area contributed by atoms with E-state index in [0.717, 1.165) is 12.8 Å². The Balaban J connectivity index is 2.34. The maximum Gasteiger partial charge on any atom is 0.410 e. The van der Waals surface area contributed by atoms with Gasteiger partial charge in [-0.2, -0.15) is 0 Å². The highest BCUT2D eigenvalue weighted by atomic mass is 16.6. The van der Waals surface area contributed by atoms with Gasteiger partial charge in [0.25, 0.3) is 0 Å². The summed E-state index contributed by atoms with van der Waals surface area (Å²) in [5.74, 6) is -0.507. The van der Waals surface area contributed by atoms with Gasteiger partial charge in [-0.1, -0.05) is 12.7 Å². The molecule has 0 unspecified atom stereocenters. The molecule has 0 aromatic carbocycles. The van der Waals surface area contributed by atoms with Gasteiger partial charge >= 0.3 is 12.1 Å². The predicted molar refractivity (Wildman–Crippen MR) is 62.7 cm³/mol. The van der Waals surface area contributed by atoms with Crippen molar-refractivity contribution in [1.29, 1.82) is 0 Å².